The Morgan fingerprint density at radius 3 is 2.75 bits per heavy atom. The highest BCUT2D eigenvalue weighted by molar-refractivity contribution is 7.99. The van der Waals surface area contributed by atoms with Gasteiger partial charge in [-0.25, -0.2) is 0 Å². The standard InChI is InChI=1S/C18H27NS/c1-2-8-17(9-3-1)19-12-5-13-20-18-11-10-15-6-4-7-16(15)14-18/h10-11,14,17,19H,1-9,12-13H2. The molecule has 0 atom stereocenters. The van der Waals surface area contributed by atoms with Gasteiger partial charge >= 0.3 is 0 Å². The third kappa shape index (κ3) is 4.02. The fourth-order valence-electron chi connectivity index (χ4n) is 3.51. The van der Waals surface area contributed by atoms with E-state index in [1.54, 1.807) is 11.1 Å². The third-order valence-corrected chi connectivity index (χ3v) is 5.78. The van der Waals surface area contributed by atoms with E-state index in [4.69, 9.17) is 0 Å². The first kappa shape index (κ1) is 14.5. The molecule has 0 bridgehead atoms. The molecule has 1 fully saturated rings. The predicted octanol–water partition coefficient (Wildman–Crippen LogP) is 4.58. The van der Waals surface area contributed by atoms with Crippen LogP contribution in [0.15, 0.2) is 23.1 Å². The van der Waals surface area contributed by atoms with Gasteiger partial charge in [0.15, 0.2) is 0 Å². The summed E-state index contributed by atoms with van der Waals surface area (Å²) in [6, 6.07) is 7.92. The number of benzene rings is 1. The van der Waals surface area contributed by atoms with Gasteiger partial charge in [0, 0.05) is 10.9 Å². The van der Waals surface area contributed by atoms with Crippen molar-refractivity contribution in [1.82, 2.24) is 5.32 Å². The maximum atomic E-state index is 3.74. The molecule has 1 aromatic carbocycles. The average Bonchev–Trinajstić information content (AvgIpc) is 2.95. The topological polar surface area (TPSA) is 12.0 Å². The van der Waals surface area contributed by atoms with Crippen LogP contribution in [-0.2, 0) is 12.8 Å². The molecule has 20 heavy (non-hydrogen) atoms. The molecule has 0 aromatic heterocycles. The Hall–Kier alpha value is -0.470. The Morgan fingerprint density at radius 2 is 1.85 bits per heavy atom. The van der Waals surface area contributed by atoms with Crippen molar-refractivity contribution in [2.24, 2.45) is 0 Å². The van der Waals surface area contributed by atoms with Crippen molar-refractivity contribution in [2.75, 3.05) is 12.3 Å². The first-order valence-electron chi connectivity index (χ1n) is 8.40. The van der Waals surface area contributed by atoms with Crippen LogP contribution in [0.4, 0.5) is 0 Å². The monoisotopic (exact) mass is 289 g/mol. The molecule has 1 N–H and O–H groups in total. The summed E-state index contributed by atoms with van der Waals surface area (Å²) in [6.07, 6.45) is 12.4. The lowest BCUT2D eigenvalue weighted by Gasteiger charge is -2.22. The zero-order chi connectivity index (χ0) is 13.6. The molecule has 0 radical (unpaired) electrons. The van der Waals surface area contributed by atoms with Crippen LogP contribution in [0, 0.1) is 0 Å². The molecule has 0 heterocycles. The van der Waals surface area contributed by atoms with E-state index in [0.29, 0.717) is 0 Å². The van der Waals surface area contributed by atoms with Gasteiger partial charge < -0.3 is 5.32 Å². The Balaban J connectivity index is 1.33. The minimum Gasteiger partial charge on any atom is -0.314 e. The van der Waals surface area contributed by atoms with E-state index in [-0.39, 0.29) is 0 Å². The summed E-state index contributed by atoms with van der Waals surface area (Å²) in [6.45, 7) is 1.20. The summed E-state index contributed by atoms with van der Waals surface area (Å²) >= 11 is 2.03. The number of aryl methyl sites for hydroxylation is 2. The van der Waals surface area contributed by atoms with Crippen LogP contribution in [0.25, 0.3) is 0 Å². The first-order valence-corrected chi connectivity index (χ1v) is 9.38. The molecule has 1 saturated carbocycles. The molecule has 3 rings (SSSR count). The second-order valence-electron chi connectivity index (χ2n) is 6.28. The summed E-state index contributed by atoms with van der Waals surface area (Å²) in [4.78, 5) is 1.48. The maximum Gasteiger partial charge on any atom is 0.00748 e. The van der Waals surface area contributed by atoms with Gasteiger partial charge in [0.2, 0.25) is 0 Å². The second-order valence-corrected chi connectivity index (χ2v) is 7.44. The number of hydrogen-bond acceptors (Lipinski definition) is 2. The lowest BCUT2D eigenvalue weighted by molar-refractivity contribution is 0.375. The van der Waals surface area contributed by atoms with Gasteiger partial charge in [-0.05, 0) is 74.1 Å². The Bertz CT molecular complexity index is 423. The van der Waals surface area contributed by atoms with Crippen LogP contribution in [-0.4, -0.2) is 18.3 Å². The normalized spacial score (nSPS) is 19.2. The summed E-state index contributed by atoms with van der Waals surface area (Å²) in [5.74, 6) is 1.25. The van der Waals surface area contributed by atoms with Crippen LogP contribution >= 0.6 is 11.8 Å². The van der Waals surface area contributed by atoms with Crippen LogP contribution < -0.4 is 5.32 Å². The van der Waals surface area contributed by atoms with Crippen LogP contribution in [0.5, 0.6) is 0 Å². The zero-order valence-corrected chi connectivity index (χ0v) is 13.3. The van der Waals surface area contributed by atoms with E-state index < -0.39 is 0 Å². The highest BCUT2D eigenvalue weighted by atomic mass is 32.2. The van der Waals surface area contributed by atoms with Crippen molar-refractivity contribution in [1.29, 1.82) is 0 Å². The molecule has 0 spiro atoms. The Morgan fingerprint density at radius 1 is 1.00 bits per heavy atom. The molecule has 2 aliphatic rings. The fraction of sp³-hybridized carbons (Fsp3) is 0.667. The van der Waals surface area contributed by atoms with Gasteiger partial charge in [0.25, 0.3) is 0 Å². The van der Waals surface area contributed by atoms with E-state index in [9.17, 15) is 0 Å². The Kier molecular flexibility index (Phi) is 5.43. The van der Waals surface area contributed by atoms with E-state index in [1.165, 1.54) is 75.0 Å². The molecular weight excluding hydrogens is 262 g/mol. The largest absolute Gasteiger partial charge is 0.314 e. The van der Waals surface area contributed by atoms with Crippen molar-refractivity contribution in [3.8, 4) is 0 Å². The maximum absolute atomic E-state index is 3.74. The zero-order valence-electron chi connectivity index (χ0n) is 12.5. The highest BCUT2D eigenvalue weighted by Crippen LogP contribution is 2.27. The molecule has 0 aliphatic heterocycles. The number of rotatable bonds is 6. The van der Waals surface area contributed by atoms with Gasteiger partial charge in [0.1, 0.15) is 0 Å². The smallest absolute Gasteiger partial charge is 0.00748 e. The number of fused-ring (bicyclic) bond motifs is 1. The number of hydrogen-bond donors (Lipinski definition) is 1. The molecule has 0 amide bonds. The molecular formula is C18H27NS. The van der Waals surface area contributed by atoms with Crippen molar-refractivity contribution in [3.63, 3.8) is 0 Å². The summed E-state index contributed by atoms with van der Waals surface area (Å²) in [7, 11) is 0. The van der Waals surface area contributed by atoms with E-state index >= 15 is 0 Å². The molecule has 1 aromatic rings. The van der Waals surface area contributed by atoms with Gasteiger partial charge in [-0.2, -0.15) is 0 Å². The average molecular weight is 289 g/mol. The Labute approximate surface area is 127 Å². The van der Waals surface area contributed by atoms with Crippen molar-refractivity contribution >= 4 is 11.8 Å². The second kappa shape index (κ2) is 7.51. The number of nitrogens with one attached hydrogen (secondary N) is 1. The predicted molar refractivity (Wildman–Crippen MR) is 88.7 cm³/mol. The van der Waals surface area contributed by atoms with Gasteiger partial charge in [-0.1, -0.05) is 25.3 Å². The lowest BCUT2D eigenvalue weighted by atomic mass is 9.95. The summed E-state index contributed by atoms with van der Waals surface area (Å²) in [5, 5.41) is 3.74. The minimum atomic E-state index is 0.814. The lowest BCUT2D eigenvalue weighted by Crippen LogP contribution is -2.31. The highest BCUT2D eigenvalue weighted by Gasteiger charge is 2.12. The minimum absolute atomic E-state index is 0.814. The molecule has 2 aliphatic carbocycles. The van der Waals surface area contributed by atoms with E-state index in [2.05, 4.69) is 23.5 Å². The van der Waals surface area contributed by atoms with Gasteiger partial charge in [-0.3, -0.25) is 0 Å². The van der Waals surface area contributed by atoms with E-state index in [1.807, 2.05) is 11.8 Å². The number of thioether (sulfide) groups is 1. The van der Waals surface area contributed by atoms with Crippen LogP contribution in [0.3, 0.4) is 0 Å². The van der Waals surface area contributed by atoms with Crippen molar-refractivity contribution < 1.29 is 0 Å². The third-order valence-electron chi connectivity index (χ3n) is 4.70. The van der Waals surface area contributed by atoms with Crippen LogP contribution in [0.1, 0.15) is 56.1 Å². The SMILES string of the molecule is c1cc2c(cc1SCCCNC1CCCCC1)CCC2. The van der Waals surface area contributed by atoms with E-state index in [0.717, 1.165) is 6.04 Å². The molecule has 0 unspecified atom stereocenters. The fourth-order valence-corrected chi connectivity index (χ4v) is 4.43. The molecule has 2 heteroatoms. The van der Waals surface area contributed by atoms with Crippen molar-refractivity contribution in [3.05, 3.63) is 29.3 Å². The van der Waals surface area contributed by atoms with Gasteiger partial charge in [-0.15, -0.1) is 11.8 Å². The molecule has 110 valence electrons. The molecule has 1 nitrogen and oxygen atoms in total. The molecule has 0 saturated heterocycles. The van der Waals surface area contributed by atoms with Gasteiger partial charge in [0.05, 0.1) is 0 Å². The first-order chi connectivity index (χ1) is 9.92. The van der Waals surface area contributed by atoms with Crippen LogP contribution in [0.2, 0.25) is 0 Å². The summed E-state index contributed by atoms with van der Waals surface area (Å²) < 4.78 is 0. The quantitative estimate of drug-likeness (QED) is 0.607. The van der Waals surface area contributed by atoms with Crippen molar-refractivity contribution in [2.45, 2.75) is 68.7 Å². The summed E-state index contributed by atoms with van der Waals surface area (Å²) in [5.41, 5.74) is 3.20.